The number of likely N-dealkylation sites (tertiary alicyclic amines) is 1. The highest BCUT2D eigenvalue weighted by Gasteiger charge is 2.17. The molecule has 2 heterocycles. The van der Waals surface area contributed by atoms with Crippen LogP contribution in [0.2, 0.25) is 0 Å². The Hall–Kier alpha value is -2.47. The fourth-order valence-electron chi connectivity index (χ4n) is 3.01. The minimum absolute atomic E-state index is 0.0351. The third kappa shape index (κ3) is 4.58. The second kappa shape index (κ2) is 8.76. The molecule has 1 fully saturated rings. The Labute approximate surface area is 158 Å². The molecule has 0 spiro atoms. The standard InChI is InChI=1S/C20H23N3O2S/c1-16(24)23(18-9-5-4-6-10-18)20-21-17(15-26-20)11-12-19(25)22-13-7-2-3-8-14-22/h4-6,9-12,15H,2-3,7-8,13-14H2,1H3/b12-11+. The highest BCUT2D eigenvalue weighted by atomic mass is 32.1. The van der Waals surface area contributed by atoms with Crippen molar-refractivity contribution in [3.05, 3.63) is 47.5 Å². The monoisotopic (exact) mass is 369 g/mol. The Kier molecular flexibility index (Phi) is 6.17. The van der Waals surface area contributed by atoms with E-state index in [1.807, 2.05) is 40.6 Å². The summed E-state index contributed by atoms with van der Waals surface area (Å²) < 4.78 is 0. The molecule has 2 amide bonds. The summed E-state index contributed by atoms with van der Waals surface area (Å²) in [6, 6.07) is 9.44. The molecule has 1 aliphatic rings. The van der Waals surface area contributed by atoms with Crippen LogP contribution in [0.4, 0.5) is 10.8 Å². The highest BCUT2D eigenvalue weighted by molar-refractivity contribution is 7.14. The summed E-state index contributed by atoms with van der Waals surface area (Å²) >= 11 is 1.39. The molecule has 1 aromatic carbocycles. The molecule has 0 unspecified atom stereocenters. The number of nitrogens with zero attached hydrogens (tertiary/aromatic N) is 3. The number of thiazole rings is 1. The third-order valence-corrected chi connectivity index (χ3v) is 5.19. The first-order chi connectivity index (χ1) is 12.6. The van der Waals surface area contributed by atoms with Crippen molar-refractivity contribution >= 4 is 40.0 Å². The average molecular weight is 369 g/mol. The van der Waals surface area contributed by atoms with Crippen LogP contribution < -0.4 is 4.90 Å². The lowest BCUT2D eigenvalue weighted by Gasteiger charge is -2.18. The van der Waals surface area contributed by atoms with E-state index >= 15 is 0 Å². The number of carbonyl (C=O) groups is 2. The van der Waals surface area contributed by atoms with E-state index in [1.54, 1.807) is 17.1 Å². The van der Waals surface area contributed by atoms with Crippen molar-refractivity contribution in [2.75, 3.05) is 18.0 Å². The Bertz CT molecular complexity index is 777. The van der Waals surface area contributed by atoms with E-state index in [0.717, 1.165) is 31.6 Å². The number of amides is 2. The van der Waals surface area contributed by atoms with Gasteiger partial charge in [-0.3, -0.25) is 14.5 Å². The molecule has 0 saturated carbocycles. The van der Waals surface area contributed by atoms with Crippen LogP contribution >= 0.6 is 11.3 Å². The maximum absolute atomic E-state index is 12.3. The summed E-state index contributed by atoms with van der Waals surface area (Å²) in [6.45, 7) is 3.18. The average Bonchev–Trinajstić information content (AvgIpc) is 2.92. The molecule has 1 saturated heterocycles. The highest BCUT2D eigenvalue weighted by Crippen LogP contribution is 2.29. The number of para-hydroxylation sites is 1. The van der Waals surface area contributed by atoms with Gasteiger partial charge in [-0.1, -0.05) is 31.0 Å². The smallest absolute Gasteiger partial charge is 0.246 e. The lowest BCUT2D eigenvalue weighted by Crippen LogP contribution is -2.30. The molecule has 136 valence electrons. The summed E-state index contributed by atoms with van der Waals surface area (Å²) in [4.78, 5) is 32.4. The number of hydrogen-bond donors (Lipinski definition) is 0. The lowest BCUT2D eigenvalue weighted by atomic mass is 10.2. The van der Waals surface area contributed by atoms with Crippen molar-refractivity contribution in [1.82, 2.24) is 9.88 Å². The van der Waals surface area contributed by atoms with Crippen LogP contribution in [0.15, 0.2) is 41.8 Å². The summed E-state index contributed by atoms with van der Waals surface area (Å²) in [5.41, 5.74) is 1.47. The summed E-state index contributed by atoms with van der Waals surface area (Å²) in [7, 11) is 0. The van der Waals surface area contributed by atoms with Crippen LogP contribution in [-0.2, 0) is 9.59 Å². The first-order valence-electron chi connectivity index (χ1n) is 8.93. The second-order valence-electron chi connectivity index (χ2n) is 6.32. The zero-order valence-corrected chi connectivity index (χ0v) is 15.7. The fraction of sp³-hybridized carbons (Fsp3) is 0.350. The SMILES string of the molecule is CC(=O)N(c1ccccc1)c1nc(/C=C/C(=O)N2CCCCCC2)cs1. The molecule has 1 aromatic heterocycles. The number of carbonyl (C=O) groups excluding carboxylic acids is 2. The molecule has 26 heavy (non-hydrogen) atoms. The summed E-state index contributed by atoms with van der Waals surface area (Å²) in [6.07, 6.45) is 7.87. The van der Waals surface area contributed by atoms with Crippen molar-refractivity contribution < 1.29 is 9.59 Å². The molecule has 0 bridgehead atoms. The van der Waals surface area contributed by atoms with Crippen LogP contribution in [0.5, 0.6) is 0 Å². The zero-order valence-electron chi connectivity index (χ0n) is 14.9. The van der Waals surface area contributed by atoms with Gasteiger partial charge in [0.25, 0.3) is 0 Å². The Morgan fingerprint density at radius 1 is 1.12 bits per heavy atom. The van der Waals surface area contributed by atoms with Crippen LogP contribution in [0, 0.1) is 0 Å². The predicted octanol–water partition coefficient (Wildman–Crippen LogP) is 4.24. The molecular formula is C20H23N3O2S. The molecule has 0 radical (unpaired) electrons. The van der Waals surface area contributed by atoms with Crippen molar-refractivity contribution in [3.63, 3.8) is 0 Å². The number of benzene rings is 1. The van der Waals surface area contributed by atoms with E-state index in [-0.39, 0.29) is 11.8 Å². The van der Waals surface area contributed by atoms with Gasteiger partial charge in [-0.25, -0.2) is 4.98 Å². The van der Waals surface area contributed by atoms with Gasteiger partial charge in [0, 0.05) is 31.5 Å². The van der Waals surface area contributed by atoms with Crippen LogP contribution in [0.3, 0.4) is 0 Å². The number of aromatic nitrogens is 1. The van der Waals surface area contributed by atoms with Crippen molar-refractivity contribution in [3.8, 4) is 0 Å². The zero-order chi connectivity index (χ0) is 18.4. The maximum Gasteiger partial charge on any atom is 0.246 e. The molecule has 3 rings (SSSR count). The molecular weight excluding hydrogens is 346 g/mol. The largest absolute Gasteiger partial charge is 0.339 e. The first kappa shape index (κ1) is 18.3. The minimum atomic E-state index is -0.0956. The molecule has 1 aliphatic heterocycles. The van der Waals surface area contributed by atoms with Crippen molar-refractivity contribution in [2.45, 2.75) is 32.6 Å². The van der Waals surface area contributed by atoms with Gasteiger partial charge in [0.2, 0.25) is 11.8 Å². The van der Waals surface area contributed by atoms with E-state index in [0.29, 0.717) is 10.8 Å². The number of anilines is 2. The molecule has 0 aliphatic carbocycles. The lowest BCUT2D eigenvalue weighted by molar-refractivity contribution is -0.125. The van der Waals surface area contributed by atoms with Gasteiger partial charge in [0.15, 0.2) is 5.13 Å². The van der Waals surface area contributed by atoms with Gasteiger partial charge < -0.3 is 4.90 Å². The Morgan fingerprint density at radius 3 is 2.46 bits per heavy atom. The summed E-state index contributed by atoms with van der Waals surface area (Å²) in [5.74, 6) is -0.0605. The van der Waals surface area contributed by atoms with Gasteiger partial charge in [-0.2, -0.15) is 0 Å². The van der Waals surface area contributed by atoms with Crippen LogP contribution in [0.25, 0.3) is 6.08 Å². The van der Waals surface area contributed by atoms with Crippen molar-refractivity contribution in [2.24, 2.45) is 0 Å². The molecule has 0 N–H and O–H groups in total. The van der Waals surface area contributed by atoms with E-state index in [4.69, 9.17) is 0 Å². The predicted molar refractivity (Wildman–Crippen MR) is 105 cm³/mol. The van der Waals surface area contributed by atoms with Gasteiger partial charge >= 0.3 is 0 Å². The van der Waals surface area contributed by atoms with Crippen LogP contribution in [-0.4, -0.2) is 34.8 Å². The van der Waals surface area contributed by atoms with Gasteiger partial charge in [-0.15, -0.1) is 11.3 Å². The maximum atomic E-state index is 12.3. The Morgan fingerprint density at radius 2 is 1.81 bits per heavy atom. The van der Waals surface area contributed by atoms with E-state index in [9.17, 15) is 9.59 Å². The molecule has 2 aromatic rings. The fourth-order valence-corrected chi connectivity index (χ4v) is 3.87. The molecule has 0 atom stereocenters. The van der Waals surface area contributed by atoms with Gasteiger partial charge in [0.05, 0.1) is 11.4 Å². The van der Waals surface area contributed by atoms with E-state index < -0.39 is 0 Å². The summed E-state index contributed by atoms with van der Waals surface area (Å²) in [5, 5.41) is 2.46. The number of hydrogen-bond acceptors (Lipinski definition) is 4. The van der Waals surface area contributed by atoms with Gasteiger partial charge in [0.1, 0.15) is 0 Å². The van der Waals surface area contributed by atoms with Crippen molar-refractivity contribution in [1.29, 1.82) is 0 Å². The molecule has 6 heteroatoms. The van der Waals surface area contributed by atoms with E-state index in [2.05, 4.69) is 4.98 Å². The number of rotatable bonds is 4. The second-order valence-corrected chi connectivity index (χ2v) is 7.15. The first-order valence-corrected chi connectivity index (χ1v) is 9.81. The Balaban J connectivity index is 1.72. The van der Waals surface area contributed by atoms with Crippen LogP contribution in [0.1, 0.15) is 38.3 Å². The normalized spacial score (nSPS) is 15.0. The topological polar surface area (TPSA) is 53.5 Å². The van der Waals surface area contributed by atoms with E-state index in [1.165, 1.54) is 31.1 Å². The quantitative estimate of drug-likeness (QED) is 0.757. The minimum Gasteiger partial charge on any atom is -0.339 e. The van der Waals surface area contributed by atoms with Gasteiger partial charge in [-0.05, 0) is 31.1 Å². The molecule has 5 nitrogen and oxygen atoms in total. The third-order valence-electron chi connectivity index (χ3n) is 4.34.